The summed E-state index contributed by atoms with van der Waals surface area (Å²) in [5, 5.41) is 5.36. The van der Waals surface area contributed by atoms with Gasteiger partial charge in [-0.1, -0.05) is 0 Å². The van der Waals surface area contributed by atoms with Crippen molar-refractivity contribution in [3.63, 3.8) is 0 Å². The zero-order valence-corrected chi connectivity index (χ0v) is 27.1. The van der Waals surface area contributed by atoms with Crippen LogP contribution in [0.15, 0.2) is 132 Å². The minimum absolute atomic E-state index is 0.620. The van der Waals surface area contributed by atoms with E-state index in [1.807, 2.05) is 0 Å². The number of allylic oxidation sites excluding steroid dienone is 4. The average molecular weight is 628 g/mol. The maximum absolute atomic E-state index is 2.47. The Morgan fingerprint density at radius 2 is 0.837 bits per heavy atom. The van der Waals surface area contributed by atoms with E-state index in [0.717, 1.165) is 12.8 Å². The SMILES string of the molecule is CC1=C2CCC3=C(C)[CH]([Zr][CH]1c1cccc(-c4cccc5ccccc45)c12)c1cccc(-c2cccc4ccccc24)c13. The van der Waals surface area contributed by atoms with Crippen molar-refractivity contribution in [2.75, 3.05) is 0 Å². The first-order valence-corrected chi connectivity index (χ1v) is 18.4. The van der Waals surface area contributed by atoms with Crippen molar-refractivity contribution in [1.29, 1.82) is 0 Å². The Balaban J connectivity index is 1.21. The van der Waals surface area contributed by atoms with Gasteiger partial charge in [-0.15, -0.1) is 0 Å². The second-order valence-electron chi connectivity index (χ2n) is 12.4. The number of benzene rings is 6. The van der Waals surface area contributed by atoms with Gasteiger partial charge in [-0.25, -0.2) is 0 Å². The van der Waals surface area contributed by atoms with Crippen LogP contribution in [0.5, 0.6) is 0 Å². The van der Waals surface area contributed by atoms with Crippen molar-refractivity contribution >= 4 is 32.7 Å². The average Bonchev–Trinajstić information content (AvgIpc) is 3.49. The molecule has 0 nitrogen and oxygen atoms in total. The predicted octanol–water partition coefficient (Wildman–Crippen LogP) is 11.6. The molecule has 9 rings (SSSR count). The van der Waals surface area contributed by atoms with Crippen molar-refractivity contribution in [1.82, 2.24) is 0 Å². The van der Waals surface area contributed by atoms with Gasteiger partial charge in [0.1, 0.15) is 0 Å². The Morgan fingerprint density at radius 3 is 1.33 bits per heavy atom. The van der Waals surface area contributed by atoms with Gasteiger partial charge in [0.2, 0.25) is 0 Å². The molecule has 2 aliphatic carbocycles. The van der Waals surface area contributed by atoms with E-state index >= 15 is 0 Å². The molecule has 6 aromatic rings. The van der Waals surface area contributed by atoms with Crippen LogP contribution < -0.4 is 0 Å². The van der Waals surface area contributed by atoms with Crippen LogP contribution in [0.3, 0.4) is 0 Å². The third kappa shape index (κ3) is 3.77. The summed E-state index contributed by atoms with van der Waals surface area (Å²) in [7, 11) is 0. The fraction of sp³-hybridized carbons (Fsp3) is 0.143. The molecule has 3 aliphatic rings. The van der Waals surface area contributed by atoms with Crippen molar-refractivity contribution in [3.05, 3.63) is 155 Å². The Bertz CT molecular complexity index is 2030. The Labute approximate surface area is 265 Å². The van der Waals surface area contributed by atoms with Crippen molar-refractivity contribution in [2.45, 2.75) is 33.9 Å². The molecular formula is C42H32Zr. The van der Waals surface area contributed by atoms with Crippen LogP contribution >= 0.6 is 0 Å². The standard InChI is InChI=1S/C42H32.Zr/c1-27-25-31-15-9-21-39(37-19-7-13-29-11-3-5-17-35(29)37)41(31)33(27)23-24-34-28(2)26-32-16-10-22-40(42(32)34)38-20-8-14-30-12-4-6-18-36(30)38;/h3-22,25-26H,23-24H2,1-2H3;. The van der Waals surface area contributed by atoms with Gasteiger partial charge in [-0.2, -0.15) is 0 Å². The Morgan fingerprint density at radius 1 is 0.442 bits per heavy atom. The molecule has 0 saturated carbocycles. The molecule has 1 heteroatoms. The summed E-state index contributed by atoms with van der Waals surface area (Å²) in [6.45, 7) is 4.94. The van der Waals surface area contributed by atoms with E-state index in [0.29, 0.717) is 7.25 Å². The van der Waals surface area contributed by atoms with Crippen molar-refractivity contribution < 1.29 is 23.2 Å². The molecular weight excluding hydrogens is 596 g/mol. The zero-order valence-electron chi connectivity index (χ0n) is 24.6. The molecule has 204 valence electrons. The molecule has 0 fully saturated rings. The molecule has 0 radical (unpaired) electrons. The van der Waals surface area contributed by atoms with Crippen LogP contribution in [0, 0.1) is 0 Å². The van der Waals surface area contributed by atoms with Crippen LogP contribution in [-0.2, 0) is 23.2 Å². The maximum atomic E-state index is 2.47. The minimum atomic E-state index is -0.943. The molecule has 1 heterocycles. The third-order valence-electron chi connectivity index (χ3n) is 10.4. The summed E-state index contributed by atoms with van der Waals surface area (Å²) >= 11 is -0.943. The summed E-state index contributed by atoms with van der Waals surface area (Å²) in [5.74, 6) is 0. The first-order valence-electron chi connectivity index (χ1n) is 15.6. The second kappa shape index (κ2) is 9.87. The van der Waals surface area contributed by atoms with Gasteiger partial charge >= 0.3 is 267 Å². The Kier molecular flexibility index (Phi) is 5.89. The number of hydrogen-bond donors (Lipinski definition) is 0. The molecule has 6 aromatic carbocycles. The van der Waals surface area contributed by atoms with Gasteiger partial charge < -0.3 is 0 Å². The van der Waals surface area contributed by atoms with E-state index in [2.05, 4.69) is 135 Å². The first-order chi connectivity index (χ1) is 21.2. The van der Waals surface area contributed by atoms with Gasteiger partial charge in [0.05, 0.1) is 0 Å². The molecule has 1 aliphatic heterocycles. The van der Waals surface area contributed by atoms with Gasteiger partial charge in [-0.05, 0) is 0 Å². The van der Waals surface area contributed by atoms with Gasteiger partial charge in [0, 0.05) is 0 Å². The molecule has 0 spiro atoms. The van der Waals surface area contributed by atoms with Crippen LogP contribution in [0.1, 0.15) is 56.2 Å². The Hall–Kier alpha value is -3.80. The normalized spacial score (nSPS) is 18.7. The van der Waals surface area contributed by atoms with E-state index in [1.165, 1.54) is 43.8 Å². The third-order valence-corrected chi connectivity index (χ3v) is 15.7. The molecule has 0 N–H and O–H groups in total. The monoisotopic (exact) mass is 626 g/mol. The summed E-state index contributed by atoms with van der Waals surface area (Å²) in [5.41, 5.74) is 18.5. The van der Waals surface area contributed by atoms with Crippen molar-refractivity contribution in [3.8, 4) is 22.3 Å². The van der Waals surface area contributed by atoms with Gasteiger partial charge in [0.15, 0.2) is 0 Å². The van der Waals surface area contributed by atoms with Crippen LogP contribution in [-0.4, -0.2) is 0 Å². The van der Waals surface area contributed by atoms with Crippen LogP contribution in [0.4, 0.5) is 0 Å². The molecule has 0 amide bonds. The van der Waals surface area contributed by atoms with E-state index in [9.17, 15) is 0 Å². The van der Waals surface area contributed by atoms with E-state index in [1.54, 1.807) is 44.5 Å². The molecule has 0 aromatic heterocycles. The number of hydrogen-bond acceptors (Lipinski definition) is 0. The van der Waals surface area contributed by atoms with Gasteiger partial charge in [0.25, 0.3) is 0 Å². The van der Waals surface area contributed by atoms with Crippen molar-refractivity contribution in [2.24, 2.45) is 0 Å². The summed E-state index contributed by atoms with van der Waals surface area (Å²) in [4.78, 5) is 0. The van der Waals surface area contributed by atoms with E-state index in [4.69, 9.17) is 0 Å². The molecule has 0 saturated heterocycles. The molecule has 43 heavy (non-hydrogen) atoms. The first kappa shape index (κ1) is 25.7. The topological polar surface area (TPSA) is 0 Å². The number of rotatable bonds is 2. The second-order valence-corrected chi connectivity index (χ2v) is 16.1. The summed E-state index contributed by atoms with van der Waals surface area (Å²) in [6.07, 6.45) is 2.22. The fourth-order valence-corrected chi connectivity index (χ4v) is 13.3. The van der Waals surface area contributed by atoms with Crippen LogP contribution in [0.25, 0.3) is 54.9 Å². The van der Waals surface area contributed by atoms with Gasteiger partial charge in [-0.3, -0.25) is 0 Å². The summed E-state index contributed by atoms with van der Waals surface area (Å²) < 4.78 is 1.24. The predicted molar refractivity (Wildman–Crippen MR) is 179 cm³/mol. The van der Waals surface area contributed by atoms with E-state index in [-0.39, 0.29) is 0 Å². The zero-order chi connectivity index (χ0) is 28.7. The quantitative estimate of drug-likeness (QED) is 0.179. The molecule has 2 atom stereocenters. The number of fused-ring (bicyclic) bond motifs is 10. The molecule has 2 unspecified atom stereocenters. The molecule has 4 bridgehead atoms. The fourth-order valence-electron chi connectivity index (χ4n) is 8.36. The van der Waals surface area contributed by atoms with Crippen LogP contribution in [0.2, 0.25) is 0 Å². The van der Waals surface area contributed by atoms with E-state index < -0.39 is 23.2 Å². The summed E-state index contributed by atoms with van der Waals surface area (Å²) in [6, 6.07) is 45.8.